The Kier molecular flexibility index (Phi) is 3.49. The van der Waals surface area contributed by atoms with Crippen molar-refractivity contribution < 1.29 is 0 Å². The molecular weight excluding hydrogens is 304 g/mol. The first-order valence-electron chi connectivity index (χ1n) is 3.11. The molecule has 3 N–H and O–H groups in total. The van der Waals surface area contributed by atoms with Gasteiger partial charge >= 0.3 is 0 Å². The Morgan fingerprint density at radius 3 is 2.50 bits per heavy atom. The van der Waals surface area contributed by atoms with Gasteiger partial charge in [-0.05, 0) is 62.3 Å². The molecular formula is C7H6Br2N2S. The average Bonchev–Trinajstić information content (AvgIpc) is 1.96. The maximum absolute atomic E-state index is 5.31. The van der Waals surface area contributed by atoms with Crippen LogP contribution < -0.4 is 11.1 Å². The number of halogens is 2. The van der Waals surface area contributed by atoms with Gasteiger partial charge in [-0.25, -0.2) is 0 Å². The van der Waals surface area contributed by atoms with Crippen LogP contribution in [-0.4, -0.2) is 5.11 Å². The molecule has 1 rings (SSSR count). The molecule has 0 unspecified atom stereocenters. The molecule has 2 nitrogen and oxygen atoms in total. The van der Waals surface area contributed by atoms with Gasteiger partial charge in [-0.1, -0.05) is 0 Å². The number of thiocarbonyl (C=S) groups is 1. The number of nitrogens with two attached hydrogens (primary N) is 1. The second-order valence-electron chi connectivity index (χ2n) is 2.12. The zero-order valence-corrected chi connectivity index (χ0v) is 9.96. The van der Waals surface area contributed by atoms with Crippen LogP contribution in [0.15, 0.2) is 27.1 Å². The van der Waals surface area contributed by atoms with Crippen molar-refractivity contribution in [2.24, 2.45) is 5.73 Å². The molecule has 12 heavy (non-hydrogen) atoms. The summed E-state index contributed by atoms with van der Waals surface area (Å²) in [6.45, 7) is 0. The van der Waals surface area contributed by atoms with Crippen molar-refractivity contribution in [2.45, 2.75) is 0 Å². The van der Waals surface area contributed by atoms with E-state index in [0.29, 0.717) is 0 Å². The SMILES string of the molecule is NC(=S)Nc1ccc(Br)c(Br)c1. The molecule has 1 aromatic rings. The van der Waals surface area contributed by atoms with Crippen LogP contribution in [0.25, 0.3) is 0 Å². The van der Waals surface area contributed by atoms with E-state index in [0.717, 1.165) is 14.6 Å². The summed E-state index contributed by atoms with van der Waals surface area (Å²) in [7, 11) is 0. The van der Waals surface area contributed by atoms with Gasteiger partial charge in [0, 0.05) is 14.6 Å². The van der Waals surface area contributed by atoms with E-state index in [9.17, 15) is 0 Å². The van der Waals surface area contributed by atoms with Crippen molar-refractivity contribution in [1.82, 2.24) is 0 Å². The van der Waals surface area contributed by atoms with Gasteiger partial charge in [-0.3, -0.25) is 0 Å². The van der Waals surface area contributed by atoms with Gasteiger partial charge in [0.1, 0.15) is 0 Å². The fourth-order valence-electron chi connectivity index (χ4n) is 0.716. The molecule has 0 aromatic heterocycles. The van der Waals surface area contributed by atoms with Crippen LogP contribution in [0, 0.1) is 0 Å². The van der Waals surface area contributed by atoms with Gasteiger partial charge in [-0.2, -0.15) is 0 Å². The zero-order chi connectivity index (χ0) is 9.14. The topological polar surface area (TPSA) is 38.0 Å². The van der Waals surface area contributed by atoms with Crippen LogP contribution in [0.3, 0.4) is 0 Å². The van der Waals surface area contributed by atoms with Crippen molar-refractivity contribution in [1.29, 1.82) is 0 Å². The lowest BCUT2D eigenvalue weighted by Crippen LogP contribution is -2.18. The number of hydrogen-bond acceptors (Lipinski definition) is 1. The highest BCUT2D eigenvalue weighted by atomic mass is 79.9. The highest BCUT2D eigenvalue weighted by Gasteiger charge is 1.97. The van der Waals surface area contributed by atoms with Gasteiger partial charge in [0.15, 0.2) is 5.11 Å². The molecule has 0 radical (unpaired) electrons. The maximum atomic E-state index is 5.31. The minimum Gasteiger partial charge on any atom is -0.376 e. The molecule has 0 saturated carbocycles. The van der Waals surface area contributed by atoms with Crippen LogP contribution in [0.4, 0.5) is 5.69 Å². The Labute approximate surface area is 92.8 Å². The van der Waals surface area contributed by atoms with Gasteiger partial charge in [0.05, 0.1) is 0 Å². The van der Waals surface area contributed by atoms with E-state index in [4.69, 9.17) is 18.0 Å². The van der Waals surface area contributed by atoms with Gasteiger partial charge in [0.25, 0.3) is 0 Å². The molecule has 5 heteroatoms. The number of anilines is 1. The fourth-order valence-corrected chi connectivity index (χ4v) is 1.46. The van der Waals surface area contributed by atoms with Crippen LogP contribution in [0.5, 0.6) is 0 Å². The third kappa shape index (κ3) is 2.73. The monoisotopic (exact) mass is 308 g/mol. The summed E-state index contributed by atoms with van der Waals surface area (Å²) in [5, 5.41) is 3.10. The summed E-state index contributed by atoms with van der Waals surface area (Å²) in [4.78, 5) is 0. The van der Waals surface area contributed by atoms with E-state index in [1.807, 2.05) is 18.2 Å². The molecule has 0 aliphatic heterocycles. The van der Waals surface area contributed by atoms with E-state index in [1.165, 1.54) is 0 Å². The molecule has 0 bridgehead atoms. The minimum absolute atomic E-state index is 0.268. The lowest BCUT2D eigenvalue weighted by atomic mass is 10.3. The molecule has 0 saturated heterocycles. The Morgan fingerprint density at radius 1 is 1.33 bits per heavy atom. The fraction of sp³-hybridized carbons (Fsp3) is 0. The predicted octanol–water partition coefficient (Wildman–Crippen LogP) is 2.87. The van der Waals surface area contributed by atoms with Gasteiger partial charge in [-0.15, -0.1) is 0 Å². The van der Waals surface area contributed by atoms with Crippen molar-refractivity contribution in [3.05, 3.63) is 27.1 Å². The third-order valence-corrected chi connectivity index (χ3v) is 3.17. The average molecular weight is 310 g/mol. The summed E-state index contributed by atoms with van der Waals surface area (Å²) < 4.78 is 1.96. The summed E-state index contributed by atoms with van der Waals surface area (Å²) >= 11 is 11.4. The Balaban J connectivity index is 2.89. The van der Waals surface area contributed by atoms with E-state index >= 15 is 0 Å². The second kappa shape index (κ2) is 4.20. The number of hydrogen-bond donors (Lipinski definition) is 2. The lowest BCUT2D eigenvalue weighted by molar-refractivity contribution is 1.55. The lowest BCUT2D eigenvalue weighted by Gasteiger charge is -2.04. The maximum Gasteiger partial charge on any atom is 0.168 e. The zero-order valence-electron chi connectivity index (χ0n) is 5.97. The smallest absolute Gasteiger partial charge is 0.168 e. The van der Waals surface area contributed by atoms with Crippen molar-refractivity contribution in [3.63, 3.8) is 0 Å². The number of benzene rings is 1. The Morgan fingerprint density at radius 2 is 2.00 bits per heavy atom. The first-order valence-corrected chi connectivity index (χ1v) is 5.10. The normalized spacial score (nSPS) is 9.50. The highest BCUT2D eigenvalue weighted by Crippen LogP contribution is 2.25. The molecule has 0 atom stereocenters. The van der Waals surface area contributed by atoms with Crippen molar-refractivity contribution >= 4 is 54.9 Å². The predicted molar refractivity (Wildman–Crippen MR) is 62.3 cm³/mol. The van der Waals surface area contributed by atoms with E-state index < -0.39 is 0 Å². The van der Waals surface area contributed by atoms with E-state index in [-0.39, 0.29) is 5.11 Å². The molecule has 0 aliphatic rings. The van der Waals surface area contributed by atoms with Gasteiger partial charge < -0.3 is 11.1 Å². The van der Waals surface area contributed by atoms with Gasteiger partial charge in [0.2, 0.25) is 0 Å². The molecule has 0 spiro atoms. The van der Waals surface area contributed by atoms with E-state index in [1.54, 1.807) is 0 Å². The molecule has 0 fully saturated rings. The first kappa shape index (κ1) is 9.95. The molecule has 0 amide bonds. The third-order valence-electron chi connectivity index (χ3n) is 1.19. The Hall–Kier alpha value is -0.130. The summed E-state index contributed by atoms with van der Waals surface area (Å²) in [6.07, 6.45) is 0. The highest BCUT2D eigenvalue weighted by molar-refractivity contribution is 9.13. The van der Waals surface area contributed by atoms with Crippen LogP contribution >= 0.6 is 44.1 Å². The number of rotatable bonds is 1. The molecule has 64 valence electrons. The summed E-state index contributed by atoms with van der Waals surface area (Å²) in [6, 6.07) is 5.68. The van der Waals surface area contributed by atoms with Crippen LogP contribution in [0.1, 0.15) is 0 Å². The van der Waals surface area contributed by atoms with E-state index in [2.05, 4.69) is 37.2 Å². The summed E-state index contributed by atoms with van der Waals surface area (Å²) in [5.41, 5.74) is 6.18. The Bertz CT molecular complexity index is 314. The van der Waals surface area contributed by atoms with Crippen LogP contribution in [0.2, 0.25) is 0 Å². The quantitative estimate of drug-likeness (QED) is 0.783. The standard InChI is InChI=1S/C7H6Br2N2S/c8-5-2-1-4(3-6(5)9)11-7(10)12/h1-3H,(H3,10,11,12). The van der Waals surface area contributed by atoms with Crippen LogP contribution in [-0.2, 0) is 0 Å². The second-order valence-corrected chi connectivity index (χ2v) is 4.27. The first-order chi connectivity index (χ1) is 5.59. The molecule has 1 aromatic carbocycles. The minimum atomic E-state index is 0.268. The summed E-state index contributed by atoms with van der Waals surface area (Å²) in [5.74, 6) is 0. The number of nitrogens with one attached hydrogen (secondary N) is 1. The molecule has 0 aliphatic carbocycles. The van der Waals surface area contributed by atoms with Crippen molar-refractivity contribution in [2.75, 3.05) is 5.32 Å². The largest absolute Gasteiger partial charge is 0.376 e. The molecule has 0 heterocycles. The van der Waals surface area contributed by atoms with Crippen molar-refractivity contribution in [3.8, 4) is 0 Å².